The fourth-order valence-corrected chi connectivity index (χ4v) is 4.85. The lowest BCUT2D eigenvalue weighted by Gasteiger charge is -2.29. The molecule has 0 aliphatic carbocycles. The number of thiophene rings is 1. The molecule has 1 aromatic carbocycles. The van der Waals surface area contributed by atoms with E-state index in [2.05, 4.69) is 37.5 Å². The average Bonchev–Trinajstić information content (AvgIpc) is 3.31. The standard InChI is InChI=1S/C23H25N3O4S/c1-23(2,3)18-8-6-15(31-18)11-24-20(28)13-4-5-14-12-26(22(30)16(14)10-13)17-7-9-19(27)25-21(17)29/h4-6,8,10,17H,7,9,11-12H2,1-3H3,(H,24,28)(H,25,27,29). The molecule has 31 heavy (non-hydrogen) atoms. The number of amides is 4. The molecule has 0 radical (unpaired) electrons. The zero-order valence-electron chi connectivity index (χ0n) is 17.8. The molecule has 162 valence electrons. The van der Waals surface area contributed by atoms with Crippen LogP contribution in [0, 0.1) is 0 Å². The third-order valence-corrected chi connectivity index (χ3v) is 7.13. The molecule has 2 aromatic rings. The number of piperidine rings is 1. The van der Waals surface area contributed by atoms with Crippen LogP contribution in [0.15, 0.2) is 30.3 Å². The third kappa shape index (κ3) is 4.25. The maximum atomic E-state index is 12.9. The van der Waals surface area contributed by atoms with Gasteiger partial charge in [-0.3, -0.25) is 24.5 Å². The van der Waals surface area contributed by atoms with Crippen LogP contribution in [0.3, 0.4) is 0 Å². The molecule has 2 aliphatic heterocycles. The summed E-state index contributed by atoms with van der Waals surface area (Å²) >= 11 is 1.68. The molecule has 4 rings (SSSR count). The zero-order valence-corrected chi connectivity index (χ0v) is 18.6. The van der Waals surface area contributed by atoms with Crippen LogP contribution in [0.25, 0.3) is 0 Å². The second kappa shape index (κ2) is 7.92. The number of imide groups is 1. The molecule has 0 spiro atoms. The van der Waals surface area contributed by atoms with E-state index in [1.807, 2.05) is 6.07 Å². The molecule has 1 atom stereocenters. The Hall–Kier alpha value is -3.00. The van der Waals surface area contributed by atoms with Gasteiger partial charge in [0.1, 0.15) is 6.04 Å². The maximum absolute atomic E-state index is 12.9. The van der Waals surface area contributed by atoms with E-state index in [0.29, 0.717) is 30.6 Å². The van der Waals surface area contributed by atoms with Crippen molar-refractivity contribution < 1.29 is 19.2 Å². The Bertz CT molecular complexity index is 1080. The molecule has 1 unspecified atom stereocenters. The molecule has 2 aliphatic rings. The normalized spacial score (nSPS) is 18.7. The lowest BCUT2D eigenvalue weighted by atomic mass is 9.95. The van der Waals surface area contributed by atoms with Crippen molar-refractivity contribution in [2.45, 2.75) is 58.2 Å². The van der Waals surface area contributed by atoms with Gasteiger partial charge < -0.3 is 10.2 Å². The van der Waals surface area contributed by atoms with Gasteiger partial charge in [0.25, 0.3) is 11.8 Å². The molecule has 7 nitrogen and oxygen atoms in total. The van der Waals surface area contributed by atoms with Gasteiger partial charge in [0.05, 0.1) is 6.54 Å². The molecule has 1 fully saturated rings. The van der Waals surface area contributed by atoms with Crippen LogP contribution < -0.4 is 10.6 Å². The predicted octanol–water partition coefficient (Wildman–Crippen LogP) is 2.74. The van der Waals surface area contributed by atoms with Crippen molar-refractivity contribution >= 4 is 35.0 Å². The fraction of sp³-hybridized carbons (Fsp3) is 0.391. The Morgan fingerprint density at radius 3 is 2.65 bits per heavy atom. The first-order chi connectivity index (χ1) is 14.6. The molecule has 8 heteroatoms. The summed E-state index contributed by atoms with van der Waals surface area (Å²) in [6.45, 7) is 7.18. The van der Waals surface area contributed by atoms with Gasteiger partial charge in [-0.15, -0.1) is 11.3 Å². The van der Waals surface area contributed by atoms with Gasteiger partial charge in [-0.25, -0.2) is 0 Å². The maximum Gasteiger partial charge on any atom is 0.255 e. The smallest absolute Gasteiger partial charge is 0.255 e. The quantitative estimate of drug-likeness (QED) is 0.716. The number of nitrogens with zero attached hydrogens (tertiary/aromatic N) is 1. The molecule has 3 heterocycles. The number of fused-ring (bicyclic) bond motifs is 1. The van der Waals surface area contributed by atoms with E-state index < -0.39 is 11.9 Å². The number of nitrogens with one attached hydrogen (secondary N) is 2. The fourth-order valence-electron chi connectivity index (χ4n) is 3.84. The molecule has 0 bridgehead atoms. The number of hydrogen-bond acceptors (Lipinski definition) is 5. The summed E-state index contributed by atoms with van der Waals surface area (Å²) in [6.07, 6.45) is 0.527. The van der Waals surface area contributed by atoms with Gasteiger partial charge in [0.2, 0.25) is 11.8 Å². The van der Waals surface area contributed by atoms with Crippen molar-refractivity contribution in [3.63, 3.8) is 0 Å². The Balaban J connectivity index is 1.43. The van der Waals surface area contributed by atoms with E-state index >= 15 is 0 Å². The molecule has 2 N–H and O–H groups in total. The highest BCUT2D eigenvalue weighted by Gasteiger charge is 2.39. The summed E-state index contributed by atoms with van der Waals surface area (Å²) in [5.41, 5.74) is 1.69. The van der Waals surface area contributed by atoms with Crippen molar-refractivity contribution in [3.8, 4) is 0 Å². The topological polar surface area (TPSA) is 95.6 Å². The van der Waals surface area contributed by atoms with Crippen LogP contribution in [0.5, 0.6) is 0 Å². The molecule has 4 amide bonds. The van der Waals surface area contributed by atoms with Crippen molar-refractivity contribution in [3.05, 3.63) is 56.8 Å². The van der Waals surface area contributed by atoms with Crippen LogP contribution in [0.1, 0.15) is 69.6 Å². The largest absolute Gasteiger partial charge is 0.347 e. The number of carbonyl (C=O) groups excluding carboxylic acids is 4. The van der Waals surface area contributed by atoms with Crippen molar-refractivity contribution in [2.24, 2.45) is 0 Å². The first kappa shape index (κ1) is 21.2. The van der Waals surface area contributed by atoms with E-state index in [1.165, 1.54) is 9.78 Å². The number of rotatable bonds is 4. The highest BCUT2D eigenvalue weighted by atomic mass is 32.1. The Morgan fingerprint density at radius 1 is 1.19 bits per heavy atom. The average molecular weight is 440 g/mol. The summed E-state index contributed by atoms with van der Waals surface area (Å²) in [7, 11) is 0. The van der Waals surface area contributed by atoms with E-state index in [1.54, 1.807) is 29.5 Å². The van der Waals surface area contributed by atoms with E-state index in [4.69, 9.17) is 0 Å². The zero-order chi connectivity index (χ0) is 22.3. The van der Waals surface area contributed by atoms with Crippen molar-refractivity contribution in [2.75, 3.05) is 0 Å². The summed E-state index contributed by atoms with van der Waals surface area (Å²) < 4.78 is 0. The van der Waals surface area contributed by atoms with E-state index in [-0.39, 0.29) is 29.6 Å². The van der Waals surface area contributed by atoms with Gasteiger partial charge in [-0.2, -0.15) is 0 Å². The third-order valence-electron chi connectivity index (χ3n) is 5.61. The van der Waals surface area contributed by atoms with Crippen LogP contribution >= 0.6 is 11.3 Å². The second-order valence-corrected chi connectivity index (χ2v) is 10.1. The monoisotopic (exact) mass is 439 g/mol. The minimum Gasteiger partial charge on any atom is -0.347 e. The highest BCUT2D eigenvalue weighted by molar-refractivity contribution is 7.12. The van der Waals surface area contributed by atoms with Crippen LogP contribution in [-0.2, 0) is 28.1 Å². The number of benzene rings is 1. The van der Waals surface area contributed by atoms with Crippen LogP contribution in [0.2, 0.25) is 0 Å². The first-order valence-electron chi connectivity index (χ1n) is 10.3. The predicted molar refractivity (Wildman–Crippen MR) is 117 cm³/mol. The minimum atomic E-state index is -0.661. The van der Waals surface area contributed by atoms with E-state index in [9.17, 15) is 19.2 Å². The first-order valence-corrected chi connectivity index (χ1v) is 11.1. The number of carbonyl (C=O) groups is 4. The van der Waals surface area contributed by atoms with Gasteiger partial charge in [-0.05, 0) is 41.7 Å². The minimum absolute atomic E-state index is 0.0711. The van der Waals surface area contributed by atoms with Gasteiger partial charge >= 0.3 is 0 Å². The molecule has 0 saturated carbocycles. The molecule has 1 aromatic heterocycles. The number of hydrogen-bond donors (Lipinski definition) is 2. The van der Waals surface area contributed by atoms with Crippen LogP contribution in [-0.4, -0.2) is 34.6 Å². The van der Waals surface area contributed by atoms with Crippen molar-refractivity contribution in [1.82, 2.24) is 15.5 Å². The van der Waals surface area contributed by atoms with Crippen LogP contribution in [0.4, 0.5) is 0 Å². The van der Waals surface area contributed by atoms with Gasteiger partial charge in [0.15, 0.2) is 0 Å². The molecule has 1 saturated heterocycles. The van der Waals surface area contributed by atoms with E-state index in [0.717, 1.165) is 10.4 Å². The summed E-state index contributed by atoms with van der Waals surface area (Å²) in [5, 5.41) is 5.21. The van der Waals surface area contributed by atoms with Gasteiger partial charge in [0, 0.05) is 33.8 Å². The SMILES string of the molecule is CC(C)(C)c1ccc(CNC(=O)c2ccc3c(c2)C(=O)N(C2CCC(=O)NC2=O)C3)s1. The Labute approximate surface area is 184 Å². The highest BCUT2D eigenvalue weighted by Crippen LogP contribution is 2.30. The van der Waals surface area contributed by atoms with Crippen molar-refractivity contribution in [1.29, 1.82) is 0 Å². The summed E-state index contributed by atoms with van der Waals surface area (Å²) in [5.74, 6) is -1.29. The second-order valence-electron chi connectivity index (χ2n) is 8.97. The Morgan fingerprint density at radius 2 is 1.97 bits per heavy atom. The lowest BCUT2D eigenvalue weighted by Crippen LogP contribution is -2.52. The Kier molecular flexibility index (Phi) is 5.43. The molecular weight excluding hydrogens is 414 g/mol. The molecular formula is C23H25N3O4S. The lowest BCUT2D eigenvalue weighted by molar-refractivity contribution is -0.136. The summed E-state index contributed by atoms with van der Waals surface area (Å²) in [4.78, 5) is 52.9. The summed E-state index contributed by atoms with van der Waals surface area (Å²) in [6, 6.07) is 8.50. The van der Waals surface area contributed by atoms with Gasteiger partial charge in [-0.1, -0.05) is 26.8 Å².